The summed E-state index contributed by atoms with van der Waals surface area (Å²) in [5, 5.41) is 16.2. The van der Waals surface area contributed by atoms with Crippen LogP contribution >= 0.6 is 30.8 Å². The van der Waals surface area contributed by atoms with Gasteiger partial charge in [0.05, 0.1) is 79.5 Å². The number of aromatic nitrogens is 5. The summed E-state index contributed by atoms with van der Waals surface area (Å²) in [4.78, 5) is 62.6. The number of anilines is 1. The number of sulfone groups is 1. The summed E-state index contributed by atoms with van der Waals surface area (Å²) in [7, 11) is -9.56. The van der Waals surface area contributed by atoms with Crippen LogP contribution in [0.4, 0.5) is 10.7 Å². The summed E-state index contributed by atoms with van der Waals surface area (Å²) >= 11 is 12.3. The van der Waals surface area contributed by atoms with Crippen molar-refractivity contribution in [1.82, 2.24) is 34.8 Å². The average molecular weight is 1020 g/mol. The van der Waals surface area contributed by atoms with Crippen LogP contribution in [0, 0.1) is 0 Å². The van der Waals surface area contributed by atoms with Crippen molar-refractivity contribution < 1.29 is 64.5 Å². The lowest BCUT2D eigenvalue weighted by Crippen LogP contribution is -2.36. The topological polar surface area (TPSA) is 333 Å². The van der Waals surface area contributed by atoms with Crippen LogP contribution in [-0.2, 0) is 45.5 Å². The maximum absolute atomic E-state index is 12.5. The fourth-order valence-electron chi connectivity index (χ4n) is 4.00. The molecule has 0 aliphatic carbocycles. The first kappa shape index (κ1) is 57.5. The SMILES string of the molecule is CC(C)Oc1cc(-n2nc(C(C)(C)C)oc2=O)c(Cl)cc1Cl.CCS(=O)(=O)c1cccnc1S(=O)(=O)NC(=O)Nc1nc(OC)cc(OC)n1.C[S+](C)C.O=C(O)CNCP(=O)([O-])O. The van der Waals surface area contributed by atoms with Crippen molar-refractivity contribution in [2.24, 2.45) is 0 Å². The molecule has 0 aliphatic rings. The van der Waals surface area contributed by atoms with Crippen LogP contribution in [0.25, 0.3) is 5.69 Å². The summed E-state index contributed by atoms with van der Waals surface area (Å²) in [5.74, 6) is -1.54. The van der Waals surface area contributed by atoms with Gasteiger partial charge in [0, 0.05) is 17.7 Å². The van der Waals surface area contributed by atoms with Gasteiger partial charge in [0.1, 0.15) is 18.2 Å². The van der Waals surface area contributed by atoms with Crippen LogP contribution in [0.3, 0.4) is 0 Å². The van der Waals surface area contributed by atoms with Crippen LogP contribution in [0.1, 0.15) is 47.4 Å². The lowest BCUT2D eigenvalue weighted by Gasteiger charge is -2.14. The summed E-state index contributed by atoms with van der Waals surface area (Å²) in [6.07, 6.45) is 6.90. The number of ether oxygens (including phenoxy) is 3. The Hall–Kier alpha value is -4.53. The molecule has 23 nitrogen and oxygen atoms in total. The van der Waals surface area contributed by atoms with Crippen molar-refractivity contribution in [2.45, 2.75) is 63.0 Å². The Balaban J connectivity index is 0.000000502. The highest BCUT2D eigenvalue weighted by molar-refractivity contribution is 7.94. The standard InChI is InChI=1S/C15H18Cl2N2O3.C14H17N5O7S2.C3H8NO5P.C3H9S/c1-8(2)21-12-7-11(9(16)6-10(12)17)19-14(20)22-13(18-19)15(3,4)5;1-4-27(21,22)9-6-5-7-15-12(9)28(23,24)19-14(20)18-13-16-10(25-2)8-11(17-13)26-3;5-3(6)1-4-2-10(7,8)9;1-4(2)3/h6-8H,1-5H3;5-8H,4H2,1-3H3,(H2,16,17,18,19,20);4H,1-2H2,(H,5,6)(H2,7,8,9);1-3H3/q;;;+1/p-1. The monoisotopic (exact) mass is 1020 g/mol. The van der Waals surface area contributed by atoms with E-state index in [0.717, 1.165) is 16.9 Å². The van der Waals surface area contributed by atoms with E-state index in [4.69, 9.17) is 51.8 Å². The third kappa shape index (κ3) is 20.1. The number of methoxy groups -OCH3 is 2. The van der Waals surface area contributed by atoms with Gasteiger partial charge in [0.15, 0.2) is 14.9 Å². The molecule has 2 amide bonds. The molecule has 0 radical (unpaired) electrons. The highest BCUT2D eigenvalue weighted by Crippen LogP contribution is 2.34. The largest absolute Gasteiger partial charge is 0.778 e. The van der Waals surface area contributed by atoms with E-state index < -0.39 is 68.0 Å². The van der Waals surface area contributed by atoms with Gasteiger partial charge >= 0.3 is 17.8 Å². The zero-order chi connectivity index (χ0) is 49.4. The Kier molecular flexibility index (Phi) is 22.7. The molecule has 0 saturated carbocycles. The molecular formula is C35H51Cl2N8O15PS3. The van der Waals surface area contributed by atoms with Gasteiger partial charge < -0.3 is 38.1 Å². The number of carbonyl (C=O) groups is 2. The molecule has 1 unspecified atom stereocenters. The highest BCUT2D eigenvalue weighted by atomic mass is 35.5. The number of urea groups is 1. The number of carboxylic acids is 1. The second-order valence-corrected chi connectivity index (χ2v) is 22.8. The second-order valence-electron chi connectivity index (χ2n) is 14.1. The van der Waals surface area contributed by atoms with E-state index in [1.54, 1.807) is 10.8 Å². The van der Waals surface area contributed by atoms with Crippen molar-refractivity contribution in [3.63, 3.8) is 0 Å². The van der Waals surface area contributed by atoms with Crippen molar-refractivity contribution in [3.05, 3.63) is 63.0 Å². The first-order valence-electron chi connectivity index (χ1n) is 18.1. The first-order chi connectivity index (χ1) is 29.4. The molecule has 1 atom stereocenters. The Morgan fingerprint density at radius 1 is 1.03 bits per heavy atom. The molecule has 3 heterocycles. The lowest BCUT2D eigenvalue weighted by molar-refractivity contribution is -0.193. The quantitative estimate of drug-likeness (QED) is 0.0895. The maximum atomic E-state index is 12.5. The second kappa shape index (κ2) is 25.2. The Labute approximate surface area is 383 Å². The summed E-state index contributed by atoms with van der Waals surface area (Å²) < 4.78 is 82.5. The maximum Gasteiger partial charge on any atom is 0.442 e. The number of aliphatic carboxylic acids is 1. The number of sulfonamides is 1. The molecule has 4 aromatic rings. The molecule has 29 heteroatoms. The zero-order valence-corrected chi connectivity index (χ0v) is 41.4. The summed E-state index contributed by atoms with van der Waals surface area (Å²) in [5.41, 5.74) is -0.0217. The molecule has 4 rings (SSSR count). The lowest BCUT2D eigenvalue weighted by atomic mass is 9.97. The molecule has 64 heavy (non-hydrogen) atoms. The smallest absolute Gasteiger partial charge is 0.442 e. The van der Waals surface area contributed by atoms with E-state index in [1.165, 1.54) is 39.3 Å². The van der Waals surface area contributed by atoms with Crippen LogP contribution in [0.15, 0.2) is 55.7 Å². The van der Waals surface area contributed by atoms with Crippen molar-refractivity contribution in [1.29, 1.82) is 0 Å². The number of hydrogen-bond acceptors (Lipinski definition) is 18. The minimum absolute atomic E-state index is 0.0612. The molecule has 1 aromatic carbocycles. The Morgan fingerprint density at radius 2 is 1.59 bits per heavy atom. The van der Waals surface area contributed by atoms with Crippen LogP contribution in [0.5, 0.6) is 17.5 Å². The van der Waals surface area contributed by atoms with Gasteiger partial charge in [-0.25, -0.2) is 27.7 Å². The average Bonchev–Trinajstić information content (AvgIpc) is 3.56. The summed E-state index contributed by atoms with van der Waals surface area (Å²) in [6, 6.07) is 5.58. The van der Waals surface area contributed by atoms with Gasteiger partial charge in [-0.05, 0) is 42.9 Å². The fraction of sp³-hybridized carbons (Fsp3) is 0.457. The van der Waals surface area contributed by atoms with Crippen molar-refractivity contribution in [2.75, 3.05) is 56.9 Å². The number of nitrogens with one attached hydrogen (secondary N) is 3. The Morgan fingerprint density at radius 3 is 2.05 bits per heavy atom. The third-order valence-corrected chi connectivity index (χ3v) is 11.0. The minimum atomic E-state index is -4.61. The molecule has 358 valence electrons. The van der Waals surface area contributed by atoms with Crippen LogP contribution in [0.2, 0.25) is 10.0 Å². The third-order valence-electron chi connectivity index (χ3n) is 6.63. The number of nitrogens with zero attached hydrogens (tertiary/aromatic N) is 5. The van der Waals surface area contributed by atoms with Gasteiger partial charge in [-0.15, -0.1) is 5.10 Å². The predicted octanol–water partition coefficient (Wildman–Crippen LogP) is 3.07. The van der Waals surface area contributed by atoms with Crippen LogP contribution < -0.4 is 40.2 Å². The van der Waals surface area contributed by atoms with E-state index >= 15 is 0 Å². The number of benzene rings is 1. The van der Waals surface area contributed by atoms with Crippen molar-refractivity contribution >= 4 is 79.5 Å². The zero-order valence-electron chi connectivity index (χ0n) is 36.5. The molecule has 0 aliphatic heterocycles. The van der Waals surface area contributed by atoms with E-state index in [2.05, 4.69) is 44.1 Å². The molecular weight excluding hydrogens is 971 g/mol. The molecule has 0 spiro atoms. The minimum Gasteiger partial charge on any atom is -0.778 e. The fourth-order valence-corrected chi connectivity index (χ4v) is 7.45. The molecule has 3 aromatic heterocycles. The number of carbonyl (C=O) groups excluding carboxylic acids is 1. The molecule has 0 fully saturated rings. The van der Waals surface area contributed by atoms with E-state index in [1.807, 2.05) is 39.9 Å². The van der Waals surface area contributed by atoms with Gasteiger partial charge in [-0.1, -0.05) is 50.9 Å². The number of amides is 2. The molecule has 0 bridgehead atoms. The normalized spacial score (nSPS) is 12.3. The summed E-state index contributed by atoms with van der Waals surface area (Å²) in [6.45, 7) is 10.3. The Bertz CT molecular complexity index is 2510. The van der Waals surface area contributed by atoms with E-state index in [0.29, 0.717) is 33.2 Å². The van der Waals surface area contributed by atoms with Crippen molar-refractivity contribution in [3.8, 4) is 23.2 Å². The van der Waals surface area contributed by atoms with Gasteiger partial charge in [0.2, 0.25) is 23.6 Å². The van der Waals surface area contributed by atoms with E-state index in [9.17, 15) is 40.7 Å². The van der Waals surface area contributed by atoms with E-state index in [-0.39, 0.29) is 40.0 Å². The number of halogens is 2. The highest BCUT2D eigenvalue weighted by Gasteiger charge is 2.29. The van der Waals surface area contributed by atoms with Gasteiger partial charge in [0.25, 0.3) is 10.0 Å². The number of hydrogen-bond donors (Lipinski definition) is 5. The van der Waals surface area contributed by atoms with Gasteiger partial charge in [-0.3, -0.25) is 15.4 Å². The number of pyridine rings is 1. The van der Waals surface area contributed by atoms with Gasteiger partial charge in [-0.2, -0.15) is 23.1 Å². The van der Waals surface area contributed by atoms with Crippen LogP contribution in [-0.4, -0.2) is 121 Å². The predicted molar refractivity (Wildman–Crippen MR) is 238 cm³/mol. The number of carboxylic acid groups (broad SMARTS) is 1. The number of rotatable bonds is 14. The molecule has 5 N–H and O–H groups in total. The first-order valence-corrected chi connectivity index (χ1v) is 26.2. The molecule has 0 saturated heterocycles.